The molecule has 0 amide bonds. The van der Waals surface area contributed by atoms with E-state index in [9.17, 15) is 9.90 Å². The third-order valence-corrected chi connectivity index (χ3v) is 6.18. The Kier molecular flexibility index (Phi) is 4.42. The van der Waals surface area contributed by atoms with Crippen molar-refractivity contribution in [1.29, 1.82) is 0 Å². The molecule has 3 N–H and O–H groups in total. The number of aryl methyl sites for hydroxylation is 1. The molecule has 2 aromatic carbocycles. The van der Waals surface area contributed by atoms with E-state index in [0.717, 1.165) is 51.0 Å². The number of fused-ring (bicyclic) bond motifs is 3. The number of ether oxygens (including phenoxy) is 1. The van der Waals surface area contributed by atoms with Crippen LogP contribution in [0.25, 0.3) is 10.9 Å². The van der Waals surface area contributed by atoms with Gasteiger partial charge in [-0.2, -0.15) is 0 Å². The summed E-state index contributed by atoms with van der Waals surface area (Å²) in [6.07, 6.45) is 1.19. The molecule has 1 aliphatic rings. The Morgan fingerprint density at radius 2 is 1.96 bits per heavy atom. The normalized spacial score (nSPS) is 18.9. The van der Waals surface area contributed by atoms with Crippen LogP contribution in [0.3, 0.4) is 0 Å². The Bertz CT molecular complexity index is 1080. The molecule has 0 fully saturated rings. The number of carbonyl (C=O) groups is 1. The van der Waals surface area contributed by atoms with Crippen LogP contribution in [0.15, 0.2) is 30.3 Å². The number of nitrogens with one attached hydrogen (secondary N) is 2. The number of hydrogen-bond donors (Lipinski definition) is 3. The molecule has 4 rings (SSSR count). The van der Waals surface area contributed by atoms with Crippen molar-refractivity contribution in [3.8, 4) is 5.75 Å². The fourth-order valence-corrected chi connectivity index (χ4v) is 4.43. The van der Waals surface area contributed by atoms with Crippen molar-refractivity contribution in [2.24, 2.45) is 0 Å². The second-order valence-electron chi connectivity index (χ2n) is 7.77. The number of aliphatic carboxylic acids is 1. The average Bonchev–Trinajstić information content (AvgIpc) is 3.04. The van der Waals surface area contributed by atoms with Gasteiger partial charge in [0, 0.05) is 23.9 Å². The average molecular weight is 378 g/mol. The van der Waals surface area contributed by atoms with Gasteiger partial charge >= 0.3 is 5.97 Å². The quantitative estimate of drug-likeness (QED) is 0.646. The second-order valence-corrected chi connectivity index (χ2v) is 7.77. The lowest BCUT2D eigenvalue weighted by atomic mass is 9.80. The zero-order valence-electron chi connectivity index (χ0n) is 16.8. The molecule has 2 heterocycles. The van der Waals surface area contributed by atoms with Crippen molar-refractivity contribution in [2.45, 2.75) is 39.2 Å². The maximum absolute atomic E-state index is 12.6. The Morgan fingerprint density at radius 3 is 2.68 bits per heavy atom. The molecule has 0 saturated carbocycles. The van der Waals surface area contributed by atoms with Crippen molar-refractivity contribution < 1.29 is 14.6 Å². The maximum atomic E-state index is 12.6. The van der Waals surface area contributed by atoms with Crippen LogP contribution in [-0.2, 0) is 23.2 Å². The summed E-state index contributed by atoms with van der Waals surface area (Å²) >= 11 is 0. The first-order chi connectivity index (χ1) is 13.4. The van der Waals surface area contributed by atoms with Crippen LogP contribution >= 0.6 is 0 Å². The van der Waals surface area contributed by atoms with E-state index < -0.39 is 11.5 Å². The number of methoxy groups -OCH3 is 1. The Labute approximate surface area is 164 Å². The van der Waals surface area contributed by atoms with Crippen molar-refractivity contribution in [2.75, 3.05) is 13.7 Å². The zero-order chi connectivity index (χ0) is 20.1. The van der Waals surface area contributed by atoms with Gasteiger partial charge in [-0.3, -0.25) is 5.32 Å². The van der Waals surface area contributed by atoms with Crippen LogP contribution < -0.4 is 10.1 Å². The predicted octanol–water partition coefficient (Wildman–Crippen LogP) is 3.77. The minimum atomic E-state index is -1.17. The summed E-state index contributed by atoms with van der Waals surface area (Å²) in [5.74, 6) is -0.0337. The molecule has 5 heteroatoms. The molecule has 0 spiro atoms. The van der Waals surface area contributed by atoms with Crippen molar-refractivity contribution >= 4 is 16.9 Å². The monoisotopic (exact) mass is 378 g/mol. The summed E-state index contributed by atoms with van der Waals surface area (Å²) < 4.78 is 5.41. The van der Waals surface area contributed by atoms with Crippen molar-refractivity contribution in [3.63, 3.8) is 0 Å². The number of H-pyrrole nitrogens is 1. The third kappa shape index (κ3) is 2.69. The Hall–Kier alpha value is -2.79. The number of rotatable bonds is 4. The van der Waals surface area contributed by atoms with Gasteiger partial charge in [-0.05, 0) is 67.6 Å². The van der Waals surface area contributed by atoms with Gasteiger partial charge in [0.15, 0.2) is 5.54 Å². The smallest absolute Gasteiger partial charge is 0.330 e. The molecule has 0 aliphatic carbocycles. The fraction of sp³-hybridized carbons (Fsp3) is 0.348. The molecule has 0 saturated heterocycles. The molecule has 5 nitrogen and oxygen atoms in total. The van der Waals surface area contributed by atoms with Crippen LogP contribution in [0.2, 0.25) is 0 Å². The highest BCUT2D eigenvalue weighted by molar-refractivity contribution is 5.90. The Balaban J connectivity index is 1.88. The molecule has 1 aliphatic heterocycles. The lowest BCUT2D eigenvalue weighted by molar-refractivity contribution is -0.145. The second kappa shape index (κ2) is 6.67. The highest BCUT2D eigenvalue weighted by Crippen LogP contribution is 2.38. The first-order valence-electron chi connectivity index (χ1n) is 9.60. The molecule has 146 valence electrons. The first-order valence-corrected chi connectivity index (χ1v) is 9.60. The number of carboxylic acid groups (broad SMARTS) is 1. The van der Waals surface area contributed by atoms with Gasteiger partial charge < -0.3 is 14.8 Å². The summed E-state index contributed by atoms with van der Waals surface area (Å²) in [5.41, 5.74) is 6.01. The molecular weight excluding hydrogens is 352 g/mol. The lowest BCUT2D eigenvalue weighted by Gasteiger charge is -2.35. The van der Waals surface area contributed by atoms with Crippen LogP contribution in [0.4, 0.5) is 0 Å². The largest absolute Gasteiger partial charge is 0.496 e. The van der Waals surface area contributed by atoms with Gasteiger partial charge in [0.2, 0.25) is 0 Å². The number of carboxylic acids is 1. The number of hydrogen-bond acceptors (Lipinski definition) is 3. The van der Waals surface area contributed by atoms with Gasteiger partial charge in [-0.15, -0.1) is 0 Å². The number of benzene rings is 2. The van der Waals surface area contributed by atoms with E-state index in [1.165, 1.54) is 5.56 Å². The predicted molar refractivity (Wildman–Crippen MR) is 110 cm³/mol. The van der Waals surface area contributed by atoms with E-state index in [1.807, 2.05) is 32.0 Å². The topological polar surface area (TPSA) is 74.3 Å². The van der Waals surface area contributed by atoms with Gasteiger partial charge in [0.25, 0.3) is 0 Å². The standard InChI is InChI=1S/C23H26N2O3/c1-13-5-7-19-18(11-13)17-9-10-24-23(22(26)27,21(17)25-19)12-16-6-8-20(28-4)15(3)14(16)2/h5-8,11,24-25H,9-10,12H2,1-4H3,(H,26,27). The van der Waals surface area contributed by atoms with E-state index in [0.29, 0.717) is 13.0 Å². The molecule has 1 aromatic heterocycles. The van der Waals surface area contributed by atoms with Gasteiger partial charge in [0.05, 0.1) is 12.8 Å². The first kappa shape index (κ1) is 18.6. The van der Waals surface area contributed by atoms with Crippen LogP contribution in [-0.4, -0.2) is 29.7 Å². The molecule has 3 aromatic rings. The van der Waals surface area contributed by atoms with E-state index in [-0.39, 0.29) is 0 Å². The molecule has 0 bridgehead atoms. The van der Waals surface area contributed by atoms with Gasteiger partial charge in [-0.25, -0.2) is 4.79 Å². The molecular formula is C23H26N2O3. The molecule has 28 heavy (non-hydrogen) atoms. The lowest BCUT2D eigenvalue weighted by Crippen LogP contribution is -2.54. The molecule has 1 unspecified atom stereocenters. The molecule has 1 atom stereocenters. The number of aromatic amines is 1. The summed E-state index contributed by atoms with van der Waals surface area (Å²) in [6.45, 7) is 6.74. The fourth-order valence-electron chi connectivity index (χ4n) is 4.43. The van der Waals surface area contributed by atoms with E-state index >= 15 is 0 Å². The van der Waals surface area contributed by atoms with Crippen molar-refractivity contribution in [3.05, 3.63) is 63.8 Å². The summed E-state index contributed by atoms with van der Waals surface area (Å²) in [6, 6.07) is 10.1. The van der Waals surface area contributed by atoms with Crippen LogP contribution in [0.5, 0.6) is 5.75 Å². The minimum absolute atomic E-state index is 0.373. The maximum Gasteiger partial charge on any atom is 0.330 e. The van der Waals surface area contributed by atoms with Gasteiger partial charge in [0.1, 0.15) is 5.75 Å². The minimum Gasteiger partial charge on any atom is -0.496 e. The SMILES string of the molecule is COc1ccc(CC2(C(=O)O)NCCc3c2[nH]c2ccc(C)cc32)c(C)c1C. The van der Waals surface area contributed by atoms with E-state index in [4.69, 9.17) is 4.74 Å². The Morgan fingerprint density at radius 1 is 1.18 bits per heavy atom. The van der Waals surface area contributed by atoms with Crippen LogP contribution in [0, 0.1) is 20.8 Å². The summed E-state index contributed by atoms with van der Waals surface area (Å²) in [7, 11) is 1.65. The zero-order valence-corrected chi connectivity index (χ0v) is 16.8. The molecule has 0 radical (unpaired) electrons. The third-order valence-electron chi connectivity index (χ3n) is 6.18. The highest BCUT2D eigenvalue weighted by Gasteiger charge is 2.46. The van der Waals surface area contributed by atoms with E-state index in [1.54, 1.807) is 7.11 Å². The summed E-state index contributed by atoms with van der Waals surface area (Å²) in [5, 5.41) is 14.8. The van der Waals surface area contributed by atoms with Crippen LogP contribution in [0.1, 0.15) is 33.5 Å². The summed E-state index contributed by atoms with van der Waals surface area (Å²) in [4.78, 5) is 16.0. The number of aromatic nitrogens is 1. The van der Waals surface area contributed by atoms with Crippen molar-refractivity contribution in [1.82, 2.24) is 10.3 Å². The van der Waals surface area contributed by atoms with E-state index in [2.05, 4.69) is 29.4 Å². The van der Waals surface area contributed by atoms with Gasteiger partial charge in [-0.1, -0.05) is 17.7 Å². The highest BCUT2D eigenvalue weighted by atomic mass is 16.5.